The summed E-state index contributed by atoms with van der Waals surface area (Å²) in [6, 6.07) is 13.9. The van der Waals surface area contributed by atoms with Crippen molar-refractivity contribution in [1.29, 1.82) is 0 Å². The summed E-state index contributed by atoms with van der Waals surface area (Å²) in [7, 11) is 0. The predicted octanol–water partition coefficient (Wildman–Crippen LogP) is 3.19. The van der Waals surface area contributed by atoms with Crippen LogP contribution in [0.25, 0.3) is 12.2 Å². The van der Waals surface area contributed by atoms with E-state index < -0.39 is 0 Å². The van der Waals surface area contributed by atoms with Crippen LogP contribution in [-0.4, -0.2) is 58.0 Å². The fraction of sp³-hybridized carbons (Fsp3) is 0.391. The van der Waals surface area contributed by atoms with Gasteiger partial charge in [-0.15, -0.1) is 0 Å². The highest BCUT2D eigenvalue weighted by atomic mass is 16.6. The van der Waals surface area contributed by atoms with Crippen LogP contribution in [0.3, 0.4) is 0 Å². The zero-order valence-corrected chi connectivity index (χ0v) is 16.1. The van der Waals surface area contributed by atoms with E-state index >= 15 is 0 Å². The van der Waals surface area contributed by atoms with Crippen LogP contribution in [-0.2, 0) is 14.2 Å². The zero-order valence-electron chi connectivity index (χ0n) is 16.1. The second-order valence-electron chi connectivity index (χ2n) is 7.44. The number of rotatable bonds is 11. The van der Waals surface area contributed by atoms with Crippen LogP contribution in [0.2, 0.25) is 0 Å². The molecule has 3 fully saturated rings. The monoisotopic (exact) mass is 396 g/mol. The Kier molecular flexibility index (Phi) is 5.39. The summed E-state index contributed by atoms with van der Waals surface area (Å²) in [5.41, 5.74) is 2.10. The van der Waals surface area contributed by atoms with Gasteiger partial charge in [-0.05, 0) is 35.4 Å². The highest BCUT2D eigenvalue weighted by Gasteiger charge is 2.24. The quantitative estimate of drug-likeness (QED) is 0.429. The minimum Gasteiger partial charge on any atom is -0.491 e. The van der Waals surface area contributed by atoms with Gasteiger partial charge in [0.2, 0.25) is 0 Å². The molecule has 6 heteroatoms. The zero-order chi connectivity index (χ0) is 19.5. The van der Waals surface area contributed by atoms with Crippen molar-refractivity contribution in [1.82, 2.24) is 0 Å². The molecule has 3 aliphatic heterocycles. The minimum atomic E-state index is 0.214. The molecule has 0 bridgehead atoms. The summed E-state index contributed by atoms with van der Waals surface area (Å²) in [5.74, 6) is 2.41. The first-order chi connectivity index (χ1) is 14.3. The van der Waals surface area contributed by atoms with E-state index in [-0.39, 0.29) is 18.3 Å². The second kappa shape index (κ2) is 8.45. The maximum atomic E-state index is 5.86. The van der Waals surface area contributed by atoms with Crippen LogP contribution >= 0.6 is 0 Å². The first-order valence-electron chi connectivity index (χ1n) is 9.97. The van der Waals surface area contributed by atoms with Crippen LogP contribution in [0.1, 0.15) is 11.1 Å². The van der Waals surface area contributed by atoms with Gasteiger partial charge in [-0.25, -0.2) is 0 Å². The largest absolute Gasteiger partial charge is 0.491 e. The van der Waals surface area contributed by atoms with E-state index in [1.54, 1.807) is 0 Å². The summed E-state index contributed by atoms with van der Waals surface area (Å²) in [6.45, 7) is 4.08. The van der Waals surface area contributed by atoms with Crippen LogP contribution < -0.4 is 14.2 Å². The van der Waals surface area contributed by atoms with Crippen molar-refractivity contribution in [2.75, 3.05) is 39.6 Å². The molecule has 3 saturated heterocycles. The molecule has 2 aromatic carbocycles. The standard InChI is InChI=1S/C23H24O6/c1(16-3-5-18(6-4-16)24-10-21-13-27-21)2-17-7-19(25-11-22-14-28-22)9-20(8-17)26-12-23-15-29-23/h1-9,21-23H,10-15H2. The summed E-state index contributed by atoms with van der Waals surface area (Å²) in [5, 5.41) is 0. The molecule has 0 aromatic heterocycles. The lowest BCUT2D eigenvalue weighted by atomic mass is 10.1. The van der Waals surface area contributed by atoms with Crippen LogP contribution in [0.5, 0.6) is 17.2 Å². The lowest BCUT2D eigenvalue weighted by Crippen LogP contribution is -2.06. The van der Waals surface area contributed by atoms with E-state index in [4.69, 9.17) is 28.4 Å². The molecule has 152 valence electrons. The van der Waals surface area contributed by atoms with Gasteiger partial charge in [-0.3, -0.25) is 0 Å². The normalized spacial score (nSPS) is 24.3. The Bertz CT molecular complexity index is 816. The van der Waals surface area contributed by atoms with Gasteiger partial charge in [-0.1, -0.05) is 24.3 Å². The number of ether oxygens (including phenoxy) is 6. The average molecular weight is 396 g/mol. The van der Waals surface area contributed by atoms with E-state index in [0.29, 0.717) is 19.8 Å². The molecular weight excluding hydrogens is 372 g/mol. The molecule has 3 atom stereocenters. The number of benzene rings is 2. The van der Waals surface area contributed by atoms with Crippen LogP contribution in [0, 0.1) is 0 Å². The molecule has 0 radical (unpaired) electrons. The van der Waals surface area contributed by atoms with Crippen molar-refractivity contribution in [3.05, 3.63) is 53.6 Å². The predicted molar refractivity (Wildman–Crippen MR) is 108 cm³/mol. The smallest absolute Gasteiger partial charge is 0.123 e. The third-order valence-corrected chi connectivity index (χ3v) is 4.77. The van der Waals surface area contributed by atoms with Crippen molar-refractivity contribution in [3.63, 3.8) is 0 Å². The van der Waals surface area contributed by atoms with Gasteiger partial charge < -0.3 is 28.4 Å². The van der Waals surface area contributed by atoms with Gasteiger partial charge in [0.1, 0.15) is 55.4 Å². The summed E-state index contributed by atoms with van der Waals surface area (Å²) < 4.78 is 33.0. The van der Waals surface area contributed by atoms with Crippen molar-refractivity contribution in [3.8, 4) is 17.2 Å². The van der Waals surface area contributed by atoms with Gasteiger partial charge in [-0.2, -0.15) is 0 Å². The second-order valence-corrected chi connectivity index (χ2v) is 7.44. The average Bonchev–Trinajstić information content (AvgIpc) is 3.60. The van der Waals surface area contributed by atoms with Crippen molar-refractivity contribution < 1.29 is 28.4 Å². The van der Waals surface area contributed by atoms with E-state index in [1.165, 1.54) is 0 Å². The molecule has 0 saturated carbocycles. The number of hydrogen-bond acceptors (Lipinski definition) is 6. The van der Waals surface area contributed by atoms with Crippen molar-refractivity contribution >= 4 is 12.2 Å². The summed E-state index contributed by atoms with van der Waals surface area (Å²) in [6.07, 6.45) is 4.80. The first-order valence-corrected chi connectivity index (χ1v) is 9.97. The molecule has 0 N–H and O–H groups in total. The molecule has 29 heavy (non-hydrogen) atoms. The molecule has 2 aromatic rings. The topological polar surface area (TPSA) is 65.3 Å². The fourth-order valence-electron chi connectivity index (χ4n) is 2.78. The van der Waals surface area contributed by atoms with E-state index in [9.17, 15) is 0 Å². The molecular formula is C23H24O6. The molecule has 3 unspecified atom stereocenters. The fourth-order valence-corrected chi connectivity index (χ4v) is 2.78. The molecule has 3 heterocycles. The lowest BCUT2D eigenvalue weighted by Gasteiger charge is -2.10. The Balaban J connectivity index is 1.24. The minimum absolute atomic E-state index is 0.214. The Morgan fingerprint density at radius 3 is 1.55 bits per heavy atom. The van der Waals surface area contributed by atoms with E-state index in [2.05, 4.69) is 12.2 Å². The molecule has 6 nitrogen and oxygen atoms in total. The summed E-state index contributed by atoms with van der Waals surface area (Å²) >= 11 is 0. The Morgan fingerprint density at radius 1 is 0.621 bits per heavy atom. The maximum absolute atomic E-state index is 5.86. The lowest BCUT2D eigenvalue weighted by molar-refractivity contribution is 0.252. The van der Waals surface area contributed by atoms with E-state index in [0.717, 1.165) is 48.2 Å². The van der Waals surface area contributed by atoms with Crippen LogP contribution in [0.4, 0.5) is 0 Å². The van der Waals surface area contributed by atoms with Gasteiger partial charge >= 0.3 is 0 Å². The first kappa shape index (κ1) is 18.5. The molecule has 0 aliphatic carbocycles. The highest BCUT2D eigenvalue weighted by molar-refractivity contribution is 5.71. The van der Waals surface area contributed by atoms with Crippen LogP contribution in [0.15, 0.2) is 42.5 Å². The number of epoxide rings is 3. The third-order valence-electron chi connectivity index (χ3n) is 4.77. The third kappa shape index (κ3) is 5.97. The van der Waals surface area contributed by atoms with Gasteiger partial charge in [0, 0.05) is 6.07 Å². The molecule has 5 rings (SSSR count). The number of hydrogen-bond donors (Lipinski definition) is 0. The Hall–Kier alpha value is -2.54. The van der Waals surface area contributed by atoms with Gasteiger partial charge in [0.15, 0.2) is 0 Å². The van der Waals surface area contributed by atoms with Gasteiger partial charge in [0.25, 0.3) is 0 Å². The Labute approximate surface area is 169 Å². The summed E-state index contributed by atoms with van der Waals surface area (Å²) in [4.78, 5) is 0. The SMILES string of the molecule is C(=Cc1cc(OCC2CO2)cc(OCC2CO2)c1)c1ccc(OCC2CO2)cc1. The van der Waals surface area contributed by atoms with Gasteiger partial charge in [0.05, 0.1) is 19.8 Å². The van der Waals surface area contributed by atoms with Crippen molar-refractivity contribution in [2.24, 2.45) is 0 Å². The Morgan fingerprint density at radius 2 is 1.07 bits per heavy atom. The maximum Gasteiger partial charge on any atom is 0.123 e. The molecule has 3 aliphatic rings. The molecule has 0 amide bonds. The van der Waals surface area contributed by atoms with E-state index in [1.807, 2.05) is 42.5 Å². The van der Waals surface area contributed by atoms with Crippen molar-refractivity contribution in [2.45, 2.75) is 18.3 Å². The molecule has 0 spiro atoms. The highest BCUT2D eigenvalue weighted by Crippen LogP contribution is 2.27.